The molecule has 1 unspecified atom stereocenters. The molecule has 0 bridgehead atoms. The Hall–Kier alpha value is -3.84. The van der Waals surface area contributed by atoms with Gasteiger partial charge in [-0.2, -0.15) is 0 Å². The van der Waals surface area contributed by atoms with Crippen LogP contribution in [-0.4, -0.2) is 23.4 Å². The molecule has 7 heteroatoms. The highest BCUT2D eigenvalue weighted by Gasteiger charge is 2.46. The molecule has 2 heterocycles. The van der Waals surface area contributed by atoms with Gasteiger partial charge in [-0.3, -0.25) is 14.5 Å². The lowest BCUT2D eigenvalue weighted by molar-refractivity contribution is -0.117. The third kappa shape index (κ3) is 4.99. The van der Waals surface area contributed by atoms with E-state index in [1.807, 2.05) is 49.4 Å². The van der Waals surface area contributed by atoms with E-state index in [1.54, 1.807) is 30.3 Å². The molecule has 1 aliphatic heterocycles. The normalized spacial score (nSPS) is 15.9. The third-order valence-electron chi connectivity index (χ3n) is 6.83. The average molecular weight is 588 g/mol. The molecule has 1 aromatic heterocycles. The molecule has 6 nitrogen and oxygen atoms in total. The maximum absolute atomic E-state index is 14.0. The monoisotopic (exact) mass is 587 g/mol. The molecule has 0 saturated heterocycles. The van der Waals surface area contributed by atoms with Crippen LogP contribution in [0.1, 0.15) is 61.8 Å². The molecule has 0 radical (unpaired) electrons. The number of halogens is 1. The molecule has 0 fully saturated rings. The van der Waals surface area contributed by atoms with Crippen LogP contribution in [0.15, 0.2) is 93.0 Å². The molecular formula is C32H30BrNO5. The van der Waals surface area contributed by atoms with Crippen molar-refractivity contribution in [2.75, 3.05) is 11.5 Å². The van der Waals surface area contributed by atoms with Gasteiger partial charge in [0.2, 0.25) is 5.78 Å². The van der Waals surface area contributed by atoms with Crippen LogP contribution in [0.25, 0.3) is 11.0 Å². The molecule has 4 aromatic rings. The first-order chi connectivity index (χ1) is 18.6. The van der Waals surface area contributed by atoms with E-state index in [0.29, 0.717) is 29.2 Å². The van der Waals surface area contributed by atoms with Crippen molar-refractivity contribution in [1.29, 1.82) is 0 Å². The van der Waals surface area contributed by atoms with E-state index in [9.17, 15) is 14.7 Å². The van der Waals surface area contributed by atoms with Gasteiger partial charge >= 0.3 is 0 Å². The van der Waals surface area contributed by atoms with Crippen LogP contribution in [0.4, 0.5) is 5.69 Å². The van der Waals surface area contributed by atoms with Crippen LogP contribution in [0.2, 0.25) is 0 Å². The average Bonchev–Trinajstić information content (AvgIpc) is 3.45. The van der Waals surface area contributed by atoms with Gasteiger partial charge in [0.05, 0.1) is 23.9 Å². The number of para-hydroxylation sites is 2. The van der Waals surface area contributed by atoms with Crippen molar-refractivity contribution in [3.8, 4) is 5.75 Å². The molecule has 0 saturated carbocycles. The molecule has 3 aromatic carbocycles. The lowest BCUT2D eigenvalue weighted by Crippen LogP contribution is -2.31. The smallest absolute Gasteiger partial charge is 0.294 e. The first-order valence-corrected chi connectivity index (χ1v) is 13.7. The number of hydrogen-bond donors (Lipinski definition) is 1. The minimum atomic E-state index is -0.884. The zero-order valence-electron chi connectivity index (χ0n) is 22.3. The Balaban J connectivity index is 1.66. The molecule has 1 atom stereocenters. The highest BCUT2D eigenvalue weighted by atomic mass is 79.9. The minimum Gasteiger partial charge on any atom is -0.503 e. The van der Waals surface area contributed by atoms with Gasteiger partial charge in [0, 0.05) is 9.86 Å². The minimum absolute atomic E-state index is 0.0353. The first-order valence-electron chi connectivity index (χ1n) is 12.9. The van der Waals surface area contributed by atoms with Crippen molar-refractivity contribution in [3.63, 3.8) is 0 Å². The highest BCUT2D eigenvalue weighted by Crippen LogP contribution is 2.45. The van der Waals surface area contributed by atoms with E-state index in [0.717, 1.165) is 21.8 Å². The summed E-state index contributed by atoms with van der Waals surface area (Å²) in [5.74, 6) is -1.27. The van der Waals surface area contributed by atoms with Gasteiger partial charge in [-0.15, -0.1) is 0 Å². The van der Waals surface area contributed by atoms with Gasteiger partial charge < -0.3 is 14.3 Å². The second-order valence-corrected chi connectivity index (χ2v) is 11.6. The SMILES string of the molecule is CCCOc1ccccc1N1C(=O)C(O)=C(C(=O)c2cc3cc(Br)ccc3o2)C1c1ccc(C(C)(C)C)cc1. The summed E-state index contributed by atoms with van der Waals surface area (Å²) in [7, 11) is 0. The second-order valence-electron chi connectivity index (χ2n) is 10.7. The van der Waals surface area contributed by atoms with Crippen LogP contribution in [0.5, 0.6) is 5.75 Å². The van der Waals surface area contributed by atoms with E-state index in [2.05, 4.69) is 36.7 Å². The van der Waals surface area contributed by atoms with Crippen LogP contribution in [-0.2, 0) is 10.2 Å². The number of hydrogen-bond acceptors (Lipinski definition) is 5. The Labute approximate surface area is 236 Å². The van der Waals surface area contributed by atoms with Crippen molar-refractivity contribution >= 4 is 44.3 Å². The Kier molecular flexibility index (Phi) is 7.12. The maximum atomic E-state index is 14.0. The summed E-state index contributed by atoms with van der Waals surface area (Å²) in [6.45, 7) is 8.82. The fourth-order valence-corrected chi connectivity index (χ4v) is 5.19. The molecule has 1 N–H and O–H groups in total. The Morgan fingerprint density at radius 2 is 1.77 bits per heavy atom. The molecule has 0 spiro atoms. The Bertz CT molecular complexity index is 1590. The van der Waals surface area contributed by atoms with Crippen LogP contribution >= 0.6 is 15.9 Å². The van der Waals surface area contributed by atoms with Gasteiger partial charge in [0.25, 0.3) is 5.91 Å². The molecule has 0 aliphatic carbocycles. The molecule has 39 heavy (non-hydrogen) atoms. The number of furan rings is 1. The van der Waals surface area contributed by atoms with Crippen molar-refractivity contribution in [2.24, 2.45) is 0 Å². The highest BCUT2D eigenvalue weighted by molar-refractivity contribution is 9.10. The van der Waals surface area contributed by atoms with E-state index >= 15 is 0 Å². The van der Waals surface area contributed by atoms with E-state index in [4.69, 9.17) is 9.15 Å². The summed E-state index contributed by atoms with van der Waals surface area (Å²) in [5.41, 5.74) is 2.69. The number of rotatable bonds is 7. The standard InChI is InChI=1S/C32H30BrNO5/c1-5-16-38-25-9-7-6-8-23(25)34-28(19-10-12-21(13-11-19)32(2,3)4)27(30(36)31(34)37)29(35)26-18-20-17-22(33)14-15-24(20)39-26/h6-15,17-18,28,36H,5,16H2,1-4H3. The first kappa shape index (κ1) is 26.8. The summed E-state index contributed by atoms with van der Waals surface area (Å²) in [5, 5.41) is 11.9. The van der Waals surface area contributed by atoms with Gasteiger partial charge in [-0.25, -0.2) is 0 Å². The molecule has 1 amide bonds. The molecule has 5 rings (SSSR count). The number of ether oxygens (including phenoxy) is 1. The number of carbonyl (C=O) groups is 2. The van der Waals surface area contributed by atoms with Crippen molar-refractivity contribution in [1.82, 2.24) is 0 Å². The van der Waals surface area contributed by atoms with E-state index < -0.39 is 23.5 Å². The van der Waals surface area contributed by atoms with Crippen molar-refractivity contribution in [3.05, 3.63) is 105 Å². The lowest BCUT2D eigenvalue weighted by atomic mass is 9.85. The van der Waals surface area contributed by atoms with E-state index in [1.165, 1.54) is 4.90 Å². The predicted molar refractivity (Wildman–Crippen MR) is 155 cm³/mol. The Morgan fingerprint density at radius 1 is 1.05 bits per heavy atom. The Morgan fingerprint density at radius 3 is 2.46 bits per heavy atom. The number of amides is 1. The largest absolute Gasteiger partial charge is 0.503 e. The summed E-state index contributed by atoms with van der Waals surface area (Å²) in [4.78, 5) is 29.1. The lowest BCUT2D eigenvalue weighted by Gasteiger charge is -2.29. The van der Waals surface area contributed by atoms with E-state index in [-0.39, 0.29) is 16.7 Å². The number of aliphatic hydroxyl groups is 1. The summed E-state index contributed by atoms with van der Waals surface area (Å²) in [6.07, 6.45) is 0.787. The topological polar surface area (TPSA) is 80.0 Å². The number of fused-ring (bicyclic) bond motifs is 1. The number of Topliss-reactive ketones (excluding diaryl/α,β-unsaturated/α-hetero) is 1. The summed E-state index contributed by atoms with van der Waals surface area (Å²) >= 11 is 3.44. The van der Waals surface area contributed by atoms with Crippen molar-refractivity contribution < 1.29 is 23.8 Å². The fourth-order valence-electron chi connectivity index (χ4n) is 4.82. The molecule has 1 aliphatic rings. The number of nitrogens with zero attached hydrogens (tertiary/aromatic N) is 1. The van der Waals surface area contributed by atoms with Gasteiger partial charge in [-0.05, 0) is 59.4 Å². The van der Waals surface area contributed by atoms with Crippen LogP contribution in [0.3, 0.4) is 0 Å². The fraction of sp³-hybridized carbons (Fsp3) is 0.250. The third-order valence-corrected chi connectivity index (χ3v) is 7.33. The van der Waals surface area contributed by atoms with Gasteiger partial charge in [0.1, 0.15) is 11.3 Å². The van der Waals surface area contributed by atoms with Crippen LogP contribution in [0, 0.1) is 0 Å². The van der Waals surface area contributed by atoms with Gasteiger partial charge in [-0.1, -0.05) is 80.0 Å². The number of ketones is 1. The molecule has 200 valence electrons. The second kappa shape index (κ2) is 10.4. The number of anilines is 1. The number of benzene rings is 3. The van der Waals surface area contributed by atoms with Gasteiger partial charge in [0.15, 0.2) is 11.5 Å². The zero-order valence-corrected chi connectivity index (χ0v) is 23.9. The quantitative estimate of drug-likeness (QED) is 0.221. The summed E-state index contributed by atoms with van der Waals surface area (Å²) < 4.78 is 12.7. The zero-order chi connectivity index (χ0) is 27.9. The number of aliphatic hydroxyl groups excluding tert-OH is 1. The van der Waals surface area contributed by atoms with Crippen molar-refractivity contribution in [2.45, 2.75) is 45.6 Å². The summed E-state index contributed by atoms with van der Waals surface area (Å²) in [6, 6.07) is 21.2. The van der Waals surface area contributed by atoms with Crippen LogP contribution < -0.4 is 9.64 Å². The molecular weight excluding hydrogens is 558 g/mol. The maximum Gasteiger partial charge on any atom is 0.294 e. The number of carbonyl (C=O) groups excluding carboxylic acids is 2. The predicted octanol–water partition coefficient (Wildman–Crippen LogP) is 8.06.